The number of nitro groups is 1. The molecule has 0 spiro atoms. The smallest absolute Gasteiger partial charge is 0.311 e. The normalized spacial score (nSPS) is 17.1. The van der Waals surface area contributed by atoms with Crippen molar-refractivity contribution in [1.29, 1.82) is 0 Å². The van der Waals surface area contributed by atoms with Crippen LogP contribution in [0.5, 0.6) is 0 Å². The van der Waals surface area contributed by atoms with Crippen molar-refractivity contribution in [2.75, 3.05) is 51.6 Å². The van der Waals surface area contributed by atoms with E-state index in [-0.39, 0.29) is 5.69 Å². The van der Waals surface area contributed by atoms with Crippen LogP contribution in [0.2, 0.25) is 0 Å². The lowest BCUT2D eigenvalue weighted by molar-refractivity contribution is -0.384. The van der Waals surface area contributed by atoms with Crippen LogP contribution < -0.4 is 5.32 Å². The highest BCUT2D eigenvalue weighted by Crippen LogP contribution is 2.30. The lowest BCUT2D eigenvalue weighted by Gasteiger charge is -2.32. The lowest BCUT2D eigenvalue weighted by atomic mass is 10.3. The maximum Gasteiger partial charge on any atom is 0.311 e. The summed E-state index contributed by atoms with van der Waals surface area (Å²) in [6.07, 6.45) is 2.83. The summed E-state index contributed by atoms with van der Waals surface area (Å²) in [5.41, 5.74) is 0.497. The molecule has 110 valence electrons. The zero-order valence-corrected chi connectivity index (χ0v) is 13.0. The number of anilines is 1. The topological polar surface area (TPSA) is 74.5 Å². The largest absolute Gasteiger partial charge is 0.377 e. The van der Waals surface area contributed by atoms with Crippen molar-refractivity contribution in [1.82, 2.24) is 14.8 Å². The first-order chi connectivity index (χ1) is 9.58. The number of nitrogens with zero attached hydrogens (tertiary/aromatic N) is 4. The van der Waals surface area contributed by atoms with Gasteiger partial charge < -0.3 is 10.2 Å². The van der Waals surface area contributed by atoms with Crippen LogP contribution in [0.15, 0.2) is 16.9 Å². The molecular weight excluding hydrogens is 326 g/mol. The molecule has 0 bridgehead atoms. The Bertz CT molecular complexity index is 477. The van der Waals surface area contributed by atoms with Gasteiger partial charge in [-0.05, 0) is 23.0 Å². The second kappa shape index (κ2) is 6.96. The molecule has 0 saturated carbocycles. The number of hydrogen-bond acceptors (Lipinski definition) is 6. The van der Waals surface area contributed by atoms with Gasteiger partial charge in [-0.2, -0.15) is 0 Å². The Kier molecular flexibility index (Phi) is 5.27. The number of nitrogens with one attached hydrogen (secondary N) is 1. The summed E-state index contributed by atoms with van der Waals surface area (Å²) in [7, 11) is 2.12. The SMILES string of the molecule is CN1CCN(CCNc2c(Br)cncc2[N+](=O)[O-])CC1. The number of aromatic nitrogens is 1. The van der Waals surface area contributed by atoms with E-state index >= 15 is 0 Å². The van der Waals surface area contributed by atoms with E-state index in [4.69, 9.17) is 0 Å². The van der Waals surface area contributed by atoms with E-state index in [2.05, 4.69) is 43.1 Å². The summed E-state index contributed by atoms with van der Waals surface area (Å²) in [6.45, 7) is 5.76. The van der Waals surface area contributed by atoms with Gasteiger partial charge >= 0.3 is 5.69 Å². The molecule has 2 rings (SSSR count). The highest BCUT2D eigenvalue weighted by Gasteiger charge is 2.18. The van der Waals surface area contributed by atoms with Gasteiger partial charge in [-0.15, -0.1) is 0 Å². The zero-order valence-electron chi connectivity index (χ0n) is 11.4. The zero-order chi connectivity index (χ0) is 14.5. The van der Waals surface area contributed by atoms with E-state index in [1.165, 1.54) is 6.20 Å². The molecule has 0 radical (unpaired) electrons. The van der Waals surface area contributed by atoms with Gasteiger partial charge in [0.05, 0.1) is 9.40 Å². The molecule has 0 aliphatic carbocycles. The predicted molar refractivity (Wildman–Crippen MR) is 81.0 cm³/mol. The van der Waals surface area contributed by atoms with Crippen LogP contribution in [0.25, 0.3) is 0 Å². The van der Waals surface area contributed by atoms with Crippen molar-refractivity contribution in [3.05, 3.63) is 27.0 Å². The van der Waals surface area contributed by atoms with Crippen LogP contribution >= 0.6 is 15.9 Å². The third kappa shape index (κ3) is 3.87. The fourth-order valence-corrected chi connectivity index (χ4v) is 2.61. The molecule has 0 unspecified atom stereocenters. The maximum atomic E-state index is 11.0. The first-order valence-corrected chi connectivity index (χ1v) is 7.30. The van der Waals surface area contributed by atoms with E-state index in [1.807, 2.05) is 0 Å². The number of likely N-dealkylation sites (N-methyl/N-ethyl adjacent to an activating group) is 1. The Hall–Kier alpha value is -1.25. The summed E-state index contributed by atoms with van der Waals surface area (Å²) in [5, 5.41) is 14.1. The molecule has 1 aliphatic rings. The van der Waals surface area contributed by atoms with E-state index < -0.39 is 4.92 Å². The molecule has 0 atom stereocenters. The molecule has 1 fully saturated rings. The Morgan fingerprint density at radius 1 is 1.40 bits per heavy atom. The van der Waals surface area contributed by atoms with Crippen LogP contribution in [-0.2, 0) is 0 Å². The quantitative estimate of drug-likeness (QED) is 0.643. The lowest BCUT2D eigenvalue weighted by Crippen LogP contribution is -2.45. The highest BCUT2D eigenvalue weighted by atomic mass is 79.9. The fraction of sp³-hybridized carbons (Fsp3) is 0.583. The van der Waals surface area contributed by atoms with Crippen molar-refractivity contribution in [2.24, 2.45) is 0 Å². The molecule has 1 aromatic heterocycles. The second-order valence-corrected chi connectivity index (χ2v) is 5.70. The average molecular weight is 344 g/mol. The Morgan fingerprint density at radius 3 is 2.75 bits per heavy atom. The van der Waals surface area contributed by atoms with Gasteiger partial charge in [0, 0.05) is 45.5 Å². The summed E-state index contributed by atoms with van der Waals surface area (Å²) in [6, 6.07) is 0. The Labute approximate surface area is 126 Å². The van der Waals surface area contributed by atoms with Crippen molar-refractivity contribution < 1.29 is 4.92 Å². The average Bonchev–Trinajstić information content (AvgIpc) is 2.42. The standard InChI is InChI=1S/C12H18BrN5O2/c1-16-4-6-17(7-5-16)3-2-15-12-10(13)8-14-9-11(12)18(19)20/h8-9H,2-7H2,1H3,(H,14,15). The molecular formula is C12H18BrN5O2. The van der Waals surface area contributed by atoms with Crippen molar-refractivity contribution >= 4 is 27.3 Å². The number of pyridine rings is 1. The number of piperazine rings is 1. The van der Waals surface area contributed by atoms with Gasteiger partial charge in [0.2, 0.25) is 0 Å². The number of halogens is 1. The van der Waals surface area contributed by atoms with Gasteiger partial charge in [-0.25, -0.2) is 0 Å². The van der Waals surface area contributed by atoms with Crippen LogP contribution in [0.1, 0.15) is 0 Å². The third-order valence-corrected chi connectivity index (χ3v) is 4.00. The predicted octanol–water partition coefficient (Wildman–Crippen LogP) is 1.41. The molecule has 0 aromatic carbocycles. The van der Waals surface area contributed by atoms with E-state index in [9.17, 15) is 10.1 Å². The summed E-state index contributed by atoms with van der Waals surface area (Å²) in [4.78, 5) is 19.0. The first-order valence-electron chi connectivity index (χ1n) is 6.50. The molecule has 7 nitrogen and oxygen atoms in total. The number of hydrogen-bond donors (Lipinski definition) is 1. The fourth-order valence-electron chi connectivity index (χ4n) is 2.15. The molecule has 20 heavy (non-hydrogen) atoms. The van der Waals surface area contributed by atoms with Crippen LogP contribution in [0.3, 0.4) is 0 Å². The van der Waals surface area contributed by atoms with Crippen molar-refractivity contribution in [3.8, 4) is 0 Å². The van der Waals surface area contributed by atoms with Gasteiger partial charge in [-0.1, -0.05) is 0 Å². The minimum atomic E-state index is -0.421. The Morgan fingerprint density at radius 2 is 2.10 bits per heavy atom. The van der Waals surface area contributed by atoms with E-state index in [1.54, 1.807) is 6.20 Å². The van der Waals surface area contributed by atoms with Gasteiger partial charge in [0.25, 0.3) is 0 Å². The molecule has 1 aliphatic heterocycles. The second-order valence-electron chi connectivity index (χ2n) is 4.84. The minimum absolute atomic E-state index is 0.00208. The molecule has 0 amide bonds. The molecule has 1 saturated heterocycles. The summed E-state index contributed by atoms with van der Waals surface area (Å²) in [5.74, 6) is 0. The Balaban J connectivity index is 1.89. The summed E-state index contributed by atoms with van der Waals surface area (Å²) < 4.78 is 0.616. The van der Waals surface area contributed by atoms with Crippen LogP contribution in [0.4, 0.5) is 11.4 Å². The highest BCUT2D eigenvalue weighted by molar-refractivity contribution is 9.10. The van der Waals surface area contributed by atoms with Crippen molar-refractivity contribution in [2.45, 2.75) is 0 Å². The van der Waals surface area contributed by atoms with E-state index in [0.717, 1.165) is 32.7 Å². The van der Waals surface area contributed by atoms with Crippen LogP contribution in [-0.4, -0.2) is 66.0 Å². The molecule has 2 heterocycles. The maximum absolute atomic E-state index is 11.0. The van der Waals surface area contributed by atoms with Gasteiger partial charge in [0.15, 0.2) is 0 Å². The van der Waals surface area contributed by atoms with Crippen LogP contribution in [0, 0.1) is 10.1 Å². The summed E-state index contributed by atoms with van der Waals surface area (Å²) >= 11 is 3.30. The molecule has 1 N–H and O–H groups in total. The molecule has 1 aromatic rings. The monoisotopic (exact) mass is 343 g/mol. The minimum Gasteiger partial charge on any atom is -0.377 e. The molecule has 8 heteroatoms. The first kappa shape index (κ1) is 15.1. The number of rotatable bonds is 5. The van der Waals surface area contributed by atoms with Gasteiger partial charge in [0.1, 0.15) is 11.9 Å². The third-order valence-electron chi connectivity index (χ3n) is 3.40. The van der Waals surface area contributed by atoms with Crippen molar-refractivity contribution in [3.63, 3.8) is 0 Å². The van der Waals surface area contributed by atoms with E-state index in [0.29, 0.717) is 16.7 Å². The van der Waals surface area contributed by atoms with Gasteiger partial charge in [-0.3, -0.25) is 20.0 Å².